The van der Waals surface area contributed by atoms with Crippen LogP contribution in [0.4, 0.5) is 0 Å². The van der Waals surface area contributed by atoms with E-state index in [1.807, 2.05) is 31.2 Å². The molecule has 2 aromatic carbocycles. The minimum Gasteiger partial charge on any atom is -0.452 e. The van der Waals surface area contributed by atoms with Gasteiger partial charge in [0.05, 0.1) is 4.90 Å². The van der Waals surface area contributed by atoms with Crippen molar-refractivity contribution in [2.24, 2.45) is 0 Å². The highest BCUT2D eigenvalue weighted by atomic mass is 32.2. The summed E-state index contributed by atoms with van der Waals surface area (Å²) >= 11 is 0. The molecule has 30 heavy (non-hydrogen) atoms. The van der Waals surface area contributed by atoms with Gasteiger partial charge in [-0.2, -0.15) is 4.31 Å². The van der Waals surface area contributed by atoms with Crippen molar-refractivity contribution >= 4 is 21.9 Å². The topological polar surface area (TPSA) is 84.0 Å². The van der Waals surface area contributed by atoms with E-state index in [2.05, 4.69) is 0 Å². The van der Waals surface area contributed by atoms with Gasteiger partial charge >= 0.3 is 5.97 Å². The number of hydrogen-bond acceptors (Lipinski definition) is 5. The highest BCUT2D eigenvalue weighted by Gasteiger charge is 2.29. The minimum atomic E-state index is -3.82. The Bertz CT molecular complexity index is 1030. The van der Waals surface area contributed by atoms with Gasteiger partial charge in [0.15, 0.2) is 6.10 Å². The summed E-state index contributed by atoms with van der Waals surface area (Å²) < 4.78 is 31.4. The van der Waals surface area contributed by atoms with E-state index in [0.717, 1.165) is 21.9 Å². The van der Waals surface area contributed by atoms with E-state index in [9.17, 15) is 18.0 Å². The van der Waals surface area contributed by atoms with Gasteiger partial charge in [0.1, 0.15) is 6.54 Å². The average Bonchev–Trinajstić information content (AvgIpc) is 2.72. The molecule has 0 N–H and O–H groups in total. The predicted molar refractivity (Wildman–Crippen MR) is 112 cm³/mol. The first kappa shape index (κ1) is 22.0. The molecule has 0 saturated heterocycles. The summed E-state index contributed by atoms with van der Waals surface area (Å²) in [6, 6.07) is 14.3. The number of carbonyl (C=O) groups excluding carboxylic acids is 2. The Hall–Kier alpha value is -2.71. The molecule has 1 amide bonds. The fourth-order valence-corrected chi connectivity index (χ4v) is 4.50. The molecule has 0 unspecified atom stereocenters. The molecule has 0 bridgehead atoms. The van der Waals surface area contributed by atoms with Gasteiger partial charge in [-0.3, -0.25) is 9.59 Å². The Morgan fingerprint density at radius 1 is 1.10 bits per heavy atom. The van der Waals surface area contributed by atoms with Crippen LogP contribution in [0.25, 0.3) is 0 Å². The Balaban J connectivity index is 1.57. The van der Waals surface area contributed by atoms with Crippen LogP contribution in [-0.2, 0) is 37.3 Å². The van der Waals surface area contributed by atoms with Gasteiger partial charge in [0, 0.05) is 20.1 Å². The maximum Gasteiger partial charge on any atom is 0.322 e. The summed E-state index contributed by atoms with van der Waals surface area (Å²) in [6.45, 7) is 3.92. The third-order valence-electron chi connectivity index (χ3n) is 5.18. The van der Waals surface area contributed by atoms with E-state index in [0.29, 0.717) is 13.1 Å². The monoisotopic (exact) mass is 430 g/mol. The zero-order valence-electron chi connectivity index (χ0n) is 17.4. The SMILES string of the molecule is Cc1ccc(S(=O)(=O)N(C)CC(=O)O[C@H](C)C(=O)N2CCc3ccccc3C2)cc1. The number of sulfonamides is 1. The maximum absolute atomic E-state index is 12.7. The lowest BCUT2D eigenvalue weighted by Crippen LogP contribution is -2.43. The van der Waals surface area contributed by atoms with Gasteiger partial charge in [0.2, 0.25) is 10.0 Å². The molecule has 1 aliphatic heterocycles. The number of benzene rings is 2. The molecule has 8 heteroatoms. The summed E-state index contributed by atoms with van der Waals surface area (Å²) in [5.74, 6) is -1.06. The highest BCUT2D eigenvalue weighted by molar-refractivity contribution is 7.89. The largest absolute Gasteiger partial charge is 0.452 e. The number of hydrogen-bond donors (Lipinski definition) is 0. The second-order valence-corrected chi connectivity index (χ2v) is 9.53. The van der Waals surface area contributed by atoms with Crippen LogP contribution in [0.5, 0.6) is 0 Å². The first-order chi connectivity index (χ1) is 14.2. The number of esters is 1. The van der Waals surface area contributed by atoms with Gasteiger partial charge in [-0.15, -0.1) is 0 Å². The Labute approximate surface area is 177 Å². The predicted octanol–water partition coefficient (Wildman–Crippen LogP) is 2.13. The molecule has 0 aromatic heterocycles. The zero-order chi connectivity index (χ0) is 21.9. The molecule has 1 heterocycles. The first-order valence-corrected chi connectivity index (χ1v) is 11.2. The molecular weight excluding hydrogens is 404 g/mol. The fourth-order valence-electron chi connectivity index (χ4n) is 3.38. The van der Waals surface area contributed by atoms with Crippen molar-refractivity contribution < 1.29 is 22.7 Å². The number of ether oxygens (including phenoxy) is 1. The Morgan fingerprint density at radius 2 is 1.73 bits per heavy atom. The number of rotatable bonds is 6. The molecule has 0 aliphatic carbocycles. The number of likely N-dealkylation sites (N-methyl/N-ethyl adjacent to an activating group) is 1. The van der Waals surface area contributed by atoms with Gasteiger partial charge in [0.25, 0.3) is 5.91 Å². The molecule has 0 saturated carbocycles. The zero-order valence-corrected chi connectivity index (χ0v) is 18.2. The lowest BCUT2D eigenvalue weighted by molar-refractivity contribution is -0.159. The summed E-state index contributed by atoms with van der Waals surface area (Å²) in [6.07, 6.45) is -0.238. The second-order valence-electron chi connectivity index (χ2n) is 7.48. The van der Waals surface area contributed by atoms with Gasteiger partial charge in [-0.1, -0.05) is 42.0 Å². The molecule has 0 fully saturated rings. The lowest BCUT2D eigenvalue weighted by Gasteiger charge is -2.30. The van der Waals surface area contributed by atoms with Crippen LogP contribution in [0.1, 0.15) is 23.6 Å². The average molecular weight is 431 g/mol. The van der Waals surface area contributed by atoms with Crippen LogP contribution in [-0.4, -0.2) is 55.7 Å². The van der Waals surface area contributed by atoms with Crippen LogP contribution in [0.3, 0.4) is 0 Å². The van der Waals surface area contributed by atoms with E-state index < -0.39 is 28.6 Å². The molecule has 3 rings (SSSR count). The van der Waals surface area contributed by atoms with Crippen molar-refractivity contribution in [2.75, 3.05) is 20.1 Å². The van der Waals surface area contributed by atoms with Crippen LogP contribution < -0.4 is 0 Å². The minimum absolute atomic E-state index is 0.0968. The van der Waals surface area contributed by atoms with E-state index in [-0.39, 0.29) is 10.8 Å². The molecule has 160 valence electrons. The molecule has 0 radical (unpaired) electrons. The third kappa shape index (κ3) is 4.88. The summed E-state index contributed by atoms with van der Waals surface area (Å²) in [5.41, 5.74) is 3.23. The third-order valence-corrected chi connectivity index (χ3v) is 7.00. The van der Waals surface area contributed by atoms with Crippen LogP contribution >= 0.6 is 0 Å². The summed E-state index contributed by atoms with van der Waals surface area (Å²) in [5, 5.41) is 0. The first-order valence-electron chi connectivity index (χ1n) is 9.76. The van der Waals surface area contributed by atoms with Crippen LogP contribution in [0, 0.1) is 6.92 Å². The van der Waals surface area contributed by atoms with Crippen molar-refractivity contribution in [2.45, 2.75) is 37.8 Å². The van der Waals surface area contributed by atoms with E-state index in [1.54, 1.807) is 17.0 Å². The molecular formula is C22H26N2O5S. The number of amides is 1. The van der Waals surface area contributed by atoms with E-state index >= 15 is 0 Å². The quantitative estimate of drug-likeness (QED) is 0.656. The maximum atomic E-state index is 12.7. The van der Waals surface area contributed by atoms with Crippen molar-refractivity contribution in [1.29, 1.82) is 0 Å². The van der Waals surface area contributed by atoms with Crippen molar-refractivity contribution in [3.63, 3.8) is 0 Å². The van der Waals surface area contributed by atoms with Gasteiger partial charge in [-0.05, 0) is 43.5 Å². The Morgan fingerprint density at radius 3 is 2.40 bits per heavy atom. The number of fused-ring (bicyclic) bond motifs is 1. The standard InChI is InChI=1S/C22H26N2O5S/c1-16-8-10-20(11-9-16)30(27,28)23(3)15-21(25)29-17(2)22(26)24-13-12-18-6-4-5-7-19(18)14-24/h4-11,17H,12-15H2,1-3H3/t17-/m1/s1. The number of aryl methyl sites for hydroxylation is 1. The van der Waals surface area contributed by atoms with Crippen molar-refractivity contribution in [1.82, 2.24) is 9.21 Å². The molecule has 1 atom stereocenters. The van der Waals surface area contributed by atoms with Crippen molar-refractivity contribution in [3.8, 4) is 0 Å². The van der Waals surface area contributed by atoms with E-state index in [1.165, 1.54) is 31.7 Å². The fraction of sp³-hybridized carbons (Fsp3) is 0.364. The summed E-state index contributed by atoms with van der Waals surface area (Å²) in [4.78, 5) is 26.7. The number of carbonyl (C=O) groups is 2. The Kier molecular flexibility index (Phi) is 6.58. The van der Waals surface area contributed by atoms with Crippen LogP contribution in [0.15, 0.2) is 53.4 Å². The normalized spacial score (nSPS) is 14.9. The molecule has 2 aromatic rings. The number of nitrogens with zero attached hydrogens (tertiary/aromatic N) is 2. The molecule has 0 spiro atoms. The van der Waals surface area contributed by atoms with Gasteiger partial charge in [-0.25, -0.2) is 8.42 Å². The second kappa shape index (κ2) is 8.97. The lowest BCUT2D eigenvalue weighted by atomic mass is 9.99. The summed E-state index contributed by atoms with van der Waals surface area (Å²) in [7, 11) is -2.51. The van der Waals surface area contributed by atoms with Crippen molar-refractivity contribution in [3.05, 3.63) is 65.2 Å². The van der Waals surface area contributed by atoms with E-state index in [4.69, 9.17) is 4.74 Å². The highest BCUT2D eigenvalue weighted by Crippen LogP contribution is 2.20. The van der Waals surface area contributed by atoms with Gasteiger partial charge < -0.3 is 9.64 Å². The molecule has 1 aliphatic rings. The smallest absolute Gasteiger partial charge is 0.322 e. The molecule has 7 nitrogen and oxygen atoms in total. The van der Waals surface area contributed by atoms with Crippen LogP contribution in [0.2, 0.25) is 0 Å².